The van der Waals surface area contributed by atoms with Crippen LogP contribution in [0, 0.1) is 17.2 Å². The highest BCUT2D eigenvalue weighted by atomic mass is 15.1. The van der Waals surface area contributed by atoms with Gasteiger partial charge in [0.05, 0.1) is 6.07 Å². The minimum Gasteiger partial charge on any atom is -0.304 e. The molecule has 19 heavy (non-hydrogen) atoms. The van der Waals surface area contributed by atoms with Gasteiger partial charge in [0.1, 0.15) is 5.54 Å². The van der Waals surface area contributed by atoms with Crippen LogP contribution in [0.5, 0.6) is 0 Å². The van der Waals surface area contributed by atoms with E-state index in [9.17, 15) is 5.26 Å². The van der Waals surface area contributed by atoms with Gasteiger partial charge >= 0.3 is 0 Å². The van der Waals surface area contributed by atoms with E-state index in [0.717, 1.165) is 31.8 Å². The molecule has 3 nitrogen and oxygen atoms in total. The normalized spacial score (nSPS) is 16.4. The van der Waals surface area contributed by atoms with E-state index in [1.807, 2.05) is 6.92 Å². The lowest BCUT2D eigenvalue weighted by atomic mass is 9.96. The summed E-state index contributed by atoms with van der Waals surface area (Å²) in [6.07, 6.45) is 4.46. The molecule has 0 aliphatic carbocycles. The number of unbranched alkanes of at least 4 members (excludes halogenated alkanes) is 1. The molecule has 0 aromatic rings. The fraction of sp³-hybridized carbons (Fsp3) is 0.938. The van der Waals surface area contributed by atoms with E-state index in [0.29, 0.717) is 6.04 Å². The molecule has 0 aliphatic heterocycles. The van der Waals surface area contributed by atoms with Crippen molar-refractivity contribution >= 4 is 0 Å². The molecule has 0 amide bonds. The molecule has 1 N–H and O–H groups in total. The molecule has 0 bridgehead atoms. The number of nitriles is 1. The summed E-state index contributed by atoms with van der Waals surface area (Å²) in [6.45, 7) is 12.9. The van der Waals surface area contributed by atoms with Gasteiger partial charge in [0, 0.05) is 6.04 Å². The predicted molar refractivity (Wildman–Crippen MR) is 83.1 cm³/mol. The molecule has 3 heteroatoms. The van der Waals surface area contributed by atoms with Crippen LogP contribution < -0.4 is 5.32 Å². The summed E-state index contributed by atoms with van der Waals surface area (Å²) in [5.41, 5.74) is -0.350. The summed E-state index contributed by atoms with van der Waals surface area (Å²) in [4.78, 5) is 2.44. The smallest absolute Gasteiger partial charge is 0.103 e. The largest absolute Gasteiger partial charge is 0.304 e. The van der Waals surface area contributed by atoms with Gasteiger partial charge in [0.15, 0.2) is 0 Å². The first-order chi connectivity index (χ1) is 8.84. The van der Waals surface area contributed by atoms with Crippen molar-refractivity contribution in [1.82, 2.24) is 10.2 Å². The van der Waals surface area contributed by atoms with Gasteiger partial charge in [0.2, 0.25) is 0 Å². The molecule has 0 rings (SSSR count). The van der Waals surface area contributed by atoms with Crippen LogP contribution in [0.1, 0.15) is 60.3 Å². The molecule has 0 fully saturated rings. The van der Waals surface area contributed by atoms with Crippen LogP contribution in [0.15, 0.2) is 0 Å². The molecule has 0 aliphatic rings. The summed E-state index contributed by atoms with van der Waals surface area (Å²) in [6, 6.07) is 3.04. The van der Waals surface area contributed by atoms with Gasteiger partial charge in [0.25, 0.3) is 0 Å². The van der Waals surface area contributed by atoms with Crippen molar-refractivity contribution < 1.29 is 0 Å². The van der Waals surface area contributed by atoms with Crippen LogP contribution >= 0.6 is 0 Å². The zero-order chi connectivity index (χ0) is 14.9. The Bertz CT molecular complexity index is 270. The van der Waals surface area contributed by atoms with Crippen molar-refractivity contribution in [1.29, 1.82) is 5.26 Å². The quantitative estimate of drug-likeness (QED) is 0.616. The molecular formula is C16H33N3. The van der Waals surface area contributed by atoms with Crippen LogP contribution in [-0.2, 0) is 0 Å². The van der Waals surface area contributed by atoms with Crippen molar-refractivity contribution in [2.24, 2.45) is 5.92 Å². The Morgan fingerprint density at radius 3 is 2.37 bits per heavy atom. The van der Waals surface area contributed by atoms with E-state index >= 15 is 0 Å². The molecule has 0 spiro atoms. The van der Waals surface area contributed by atoms with Crippen LogP contribution in [0.3, 0.4) is 0 Å². The molecule has 0 radical (unpaired) electrons. The molecule has 0 aromatic heterocycles. The fourth-order valence-electron chi connectivity index (χ4n) is 2.50. The van der Waals surface area contributed by atoms with Crippen molar-refractivity contribution in [3.05, 3.63) is 0 Å². The highest BCUT2D eigenvalue weighted by Gasteiger charge is 2.21. The standard InChI is InChI=1S/C16H33N3/c1-7-18-16(5,13-17)10-8-9-11-19(6)15(4)12-14(2)3/h14-15,18H,7-12H2,1-6H3. The van der Waals surface area contributed by atoms with Gasteiger partial charge in [-0.1, -0.05) is 20.8 Å². The van der Waals surface area contributed by atoms with E-state index in [4.69, 9.17) is 0 Å². The molecule has 0 aromatic carbocycles. The number of nitrogens with zero attached hydrogens (tertiary/aromatic N) is 2. The van der Waals surface area contributed by atoms with Crippen molar-refractivity contribution in [3.63, 3.8) is 0 Å². The van der Waals surface area contributed by atoms with Gasteiger partial charge in [-0.05, 0) is 65.6 Å². The molecular weight excluding hydrogens is 234 g/mol. The number of hydrogen-bond acceptors (Lipinski definition) is 3. The Labute approximate surface area is 120 Å². The Kier molecular flexibility index (Phi) is 9.05. The van der Waals surface area contributed by atoms with E-state index < -0.39 is 0 Å². The summed E-state index contributed by atoms with van der Waals surface area (Å²) in [7, 11) is 2.21. The zero-order valence-corrected chi connectivity index (χ0v) is 13.8. The van der Waals surface area contributed by atoms with Gasteiger partial charge in [-0.15, -0.1) is 0 Å². The minimum atomic E-state index is -0.350. The Balaban J connectivity index is 3.88. The molecule has 0 heterocycles. The number of hydrogen-bond donors (Lipinski definition) is 1. The first-order valence-electron chi connectivity index (χ1n) is 7.71. The highest BCUT2D eigenvalue weighted by molar-refractivity contribution is 5.03. The summed E-state index contributed by atoms with van der Waals surface area (Å²) < 4.78 is 0. The van der Waals surface area contributed by atoms with Crippen molar-refractivity contribution in [2.75, 3.05) is 20.1 Å². The Hall–Kier alpha value is -0.590. The van der Waals surface area contributed by atoms with E-state index in [2.05, 4.69) is 51.0 Å². The van der Waals surface area contributed by atoms with Crippen LogP contribution in [0.2, 0.25) is 0 Å². The first-order valence-corrected chi connectivity index (χ1v) is 7.71. The summed E-state index contributed by atoms with van der Waals surface area (Å²) >= 11 is 0. The van der Waals surface area contributed by atoms with Gasteiger partial charge in [-0.2, -0.15) is 5.26 Å². The maximum absolute atomic E-state index is 9.19. The number of rotatable bonds is 10. The first kappa shape index (κ1) is 18.4. The second kappa shape index (κ2) is 9.34. The zero-order valence-electron chi connectivity index (χ0n) is 13.8. The van der Waals surface area contributed by atoms with E-state index in [1.165, 1.54) is 12.8 Å². The minimum absolute atomic E-state index is 0.350. The van der Waals surface area contributed by atoms with Gasteiger partial charge in [-0.25, -0.2) is 0 Å². The van der Waals surface area contributed by atoms with Gasteiger partial charge < -0.3 is 4.90 Å². The van der Waals surface area contributed by atoms with Crippen LogP contribution in [0.25, 0.3) is 0 Å². The maximum atomic E-state index is 9.19. The molecule has 0 saturated carbocycles. The lowest BCUT2D eigenvalue weighted by Gasteiger charge is -2.27. The SMILES string of the molecule is CCNC(C)(C#N)CCCCN(C)C(C)CC(C)C. The Morgan fingerprint density at radius 1 is 1.26 bits per heavy atom. The maximum Gasteiger partial charge on any atom is 0.103 e. The average Bonchev–Trinajstić information content (AvgIpc) is 2.34. The monoisotopic (exact) mass is 267 g/mol. The van der Waals surface area contributed by atoms with Crippen LogP contribution in [0.4, 0.5) is 0 Å². The molecule has 112 valence electrons. The summed E-state index contributed by atoms with van der Waals surface area (Å²) in [5.74, 6) is 0.757. The Morgan fingerprint density at radius 2 is 1.89 bits per heavy atom. The van der Waals surface area contributed by atoms with E-state index in [-0.39, 0.29) is 5.54 Å². The second-order valence-electron chi connectivity index (χ2n) is 6.39. The number of nitrogens with one attached hydrogen (secondary N) is 1. The van der Waals surface area contributed by atoms with Crippen LogP contribution in [-0.4, -0.2) is 36.6 Å². The highest BCUT2D eigenvalue weighted by Crippen LogP contribution is 2.14. The lowest BCUT2D eigenvalue weighted by molar-refractivity contribution is 0.222. The molecule has 2 unspecified atom stereocenters. The van der Waals surface area contributed by atoms with Crippen molar-refractivity contribution in [2.45, 2.75) is 71.9 Å². The molecule has 0 saturated heterocycles. The predicted octanol–water partition coefficient (Wildman–Crippen LogP) is 3.41. The summed E-state index contributed by atoms with van der Waals surface area (Å²) in [5, 5.41) is 12.5. The average molecular weight is 267 g/mol. The van der Waals surface area contributed by atoms with Gasteiger partial charge in [-0.3, -0.25) is 5.32 Å². The lowest BCUT2D eigenvalue weighted by Crippen LogP contribution is -2.40. The second-order valence-corrected chi connectivity index (χ2v) is 6.39. The third kappa shape index (κ3) is 8.23. The third-order valence-electron chi connectivity index (χ3n) is 3.82. The van der Waals surface area contributed by atoms with Crippen molar-refractivity contribution in [3.8, 4) is 6.07 Å². The molecule has 2 atom stereocenters. The third-order valence-corrected chi connectivity index (χ3v) is 3.82. The topological polar surface area (TPSA) is 39.1 Å². The fourth-order valence-corrected chi connectivity index (χ4v) is 2.50. The van der Waals surface area contributed by atoms with E-state index in [1.54, 1.807) is 0 Å².